The molecule has 3 N–H and O–H groups in total. The molecule has 0 saturated carbocycles. The summed E-state index contributed by atoms with van der Waals surface area (Å²) >= 11 is 0. The van der Waals surface area contributed by atoms with Crippen LogP contribution in [-0.2, 0) is 21.4 Å². The van der Waals surface area contributed by atoms with Crippen molar-refractivity contribution in [1.82, 2.24) is 0 Å². The van der Waals surface area contributed by atoms with Crippen LogP contribution in [0.2, 0.25) is 0 Å². The maximum atomic E-state index is 13.5. The molecular weight excluding hydrogens is 327 g/mol. The molecule has 122 valence electrons. The van der Waals surface area contributed by atoms with Gasteiger partial charge in [-0.25, -0.2) is 0 Å². The molecule has 2 rings (SSSR count). The molecule has 0 aromatic heterocycles. The number of hydrogen-bond donors (Lipinski definition) is 3. The molecule has 2 aromatic rings. The van der Waals surface area contributed by atoms with Crippen LogP contribution in [0, 0.1) is 0 Å². The Kier molecular flexibility index (Phi) is 4.94. The first-order valence-corrected chi connectivity index (χ1v) is 8.19. The summed E-state index contributed by atoms with van der Waals surface area (Å²) in [4.78, 5) is 29.2. The third kappa shape index (κ3) is 4.22. The highest BCUT2D eigenvalue weighted by Crippen LogP contribution is 2.59. The fourth-order valence-corrected chi connectivity index (χ4v) is 2.39. The molecule has 0 aliphatic heterocycles. The number of benzene rings is 2. The Morgan fingerprint density at radius 1 is 1.04 bits per heavy atom. The number of anilines is 1. The van der Waals surface area contributed by atoms with Gasteiger partial charge in [-0.05, 0) is 17.7 Å². The van der Waals surface area contributed by atoms with Crippen molar-refractivity contribution < 1.29 is 27.9 Å². The molecule has 8 heteroatoms. The Bertz CT molecular complexity index is 729. The number of amides is 1. The van der Waals surface area contributed by atoms with Crippen LogP contribution in [0.25, 0.3) is 0 Å². The van der Waals surface area contributed by atoms with Crippen LogP contribution in [0.1, 0.15) is 11.1 Å². The van der Waals surface area contributed by atoms with Crippen molar-refractivity contribution in [3.8, 4) is 0 Å². The zero-order chi connectivity index (χ0) is 17.1. The average Bonchev–Trinajstić information content (AvgIpc) is 2.47. The third-order valence-corrected chi connectivity index (χ3v) is 4.08. The highest BCUT2D eigenvalue weighted by molar-refractivity contribution is 7.52. The molecule has 0 spiro atoms. The summed E-state index contributed by atoms with van der Waals surface area (Å²) in [6, 6.07) is 13.0. The van der Waals surface area contributed by atoms with Crippen LogP contribution < -0.4 is 5.32 Å². The zero-order valence-corrected chi connectivity index (χ0v) is 12.7. The van der Waals surface area contributed by atoms with Crippen molar-refractivity contribution in [1.29, 1.82) is 0 Å². The van der Waals surface area contributed by atoms with E-state index in [0.29, 0.717) is 11.3 Å². The summed E-state index contributed by atoms with van der Waals surface area (Å²) < 4.78 is 37.8. The van der Waals surface area contributed by atoms with Gasteiger partial charge in [-0.15, -0.1) is 0 Å². The first kappa shape index (κ1) is 17.3. The summed E-state index contributed by atoms with van der Waals surface area (Å²) in [6.45, 7) is 0. The van der Waals surface area contributed by atoms with Crippen LogP contribution in [-0.4, -0.2) is 15.7 Å². The van der Waals surface area contributed by atoms with Gasteiger partial charge in [0.05, 0.1) is 6.42 Å². The van der Waals surface area contributed by atoms with Gasteiger partial charge < -0.3 is 15.1 Å². The Hall–Kier alpha value is -2.08. The Morgan fingerprint density at radius 2 is 1.61 bits per heavy atom. The van der Waals surface area contributed by atoms with Gasteiger partial charge in [-0.3, -0.25) is 9.36 Å². The second-order valence-corrected chi connectivity index (χ2v) is 6.52. The van der Waals surface area contributed by atoms with Gasteiger partial charge in [0.2, 0.25) is 5.91 Å². The molecule has 0 heterocycles. The Morgan fingerprint density at radius 3 is 2.13 bits per heavy atom. The van der Waals surface area contributed by atoms with Crippen molar-refractivity contribution in [2.45, 2.75) is 12.1 Å². The normalized spacial score (nSPS) is 12.0. The van der Waals surface area contributed by atoms with Gasteiger partial charge >= 0.3 is 13.3 Å². The van der Waals surface area contributed by atoms with E-state index >= 15 is 0 Å². The summed E-state index contributed by atoms with van der Waals surface area (Å²) in [5.74, 6) is -0.328. The van der Waals surface area contributed by atoms with Gasteiger partial charge in [-0.1, -0.05) is 42.5 Å². The lowest BCUT2D eigenvalue weighted by Crippen LogP contribution is -2.15. The molecule has 0 aliphatic rings. The maximum Gasteiger partial charge on any atom is 0.399 e. The van der Waals surface area contributed by atoms with E-state index in [4.69, 9.17) is 9.79 Å². The quantitative estimate of drug-likeness (QED) is 0.730. The highest BCUT2D eigenvalue weighted by Gasteiger charge is 2.50. The molecule has 5 nitrogen and oxygen atoms in total. The van der Waals surface area contributed by atoms with Gasteiger partial charge in [0.1, 0.15) is 0 Å². The molecule has 0 radical (unpaired) electrons. The molecule has 0 fully saturated rings. The molecule has 23 heavy (non-hydrogen) atoms. The van der Waals surface area contributed by atoms with Crippen molar-refractivity contribution in [2.75, 3.05) is 5.32 Å². The van der Waals surface area contributed by atoms with Crippen LogP contribution in [0.3, 0.4) is 0 Å². The smallest absolute Gasteiger partial charge is 0.326 e. The van der Waals surface area contributed by atoms with Gasteiger partial charge in [0.25, 0.3) is 0 Å². The fourth-order valence-electron chi connectivity index (χ4n) is 1.90. The summed E-state index contributed by atoms with van der Waals surface area (Å²) in [5.41, 5.74) is -3.98. The number of carbonyl (C=O) groups is 1. The molecule has 1 amide bonds. The Balaban J connectivity index is 2.06. The minimum absolute atomic E-state index is 0.0450. The monoisotopic (exact) mass is 341 g/mol. The molecule has 2 aromatic carbocycles. The standard InChI is InChI=1S/C15H14F2NO4P/c16-15(17,23(20,21)22)12-8-6-11(7-9-12)10-14(19)18-13-4-2-1-3-5-13/h1-9H,10H2,(H,18,19)(H2,20,21,22). The topological polar surface area (TPSA) is 86.6 Å². The van der Waals surface area contributed by atoms with Crippen LogP contribution >= 0.6 is 7.60 Å². The number of alkyl halides is 2. The second-order valence-electron chi connectivity index (χ2n) is 4.87. The highest BCUT2D eigenvalue weighted by atomic mass is 31.2. The van der Waals surface area contributed by atoms with E-state index in [1.54, 1.807) is 30.3 Å². The number of rotatable bonds is 5. The van der Waals surface area contributed by atoms with Crippen molar-refractivity contribution in [3.05, 3.63) is 65.7 Å². The number of para-hydroxylation sites is 1. The molecule has 0 atom stereocenters. The van der Waals surface area contributed by atoms with E-state index in [9.17, 15) is 18.1 Å². The summed E-state index contributed by atoms with van der Waals surface area (Å²) in [6.07, 6.45) is -0.0450. The molecule has 0 saturated heterocycles. The zero-order valence-electron chi connectivity index (χ0n) is 11.8. The summed E-state index contributed by atoms with van der Waals surface area (Å²) in [5, 5.41) is 2.65. The molecular formula is C15H14F2NO4P. The largest absolute Gasteiger partial charge is 0.399 e. The van der Waals surface area contributed by atoms with Gasteiger partial charge in [-0.2, -0.15) is 8.78 Å². The first-order valence-electron chi connectivity index (χ1n) is 6.58. The summed E-state index contributed by atoms with van der Waals surface area (Å²) in [7, 11) is -5.59. The van der Waals surface area contributed by atoms with Gasteiger partial charge in [0.15, 0.2) is 0 Å². The molecule has 0 aliphatic carbocycles. The lowest BCUT2D eigenvalue weighted by molar-refractivity contribution is -0.115. The van der Waals surface area contributed by atoms with E-state index in [1.807, 2.05) is 0 Å². The van der Waals surface area contributed by atoms with Gasteiger partial charge in [0, 0.05) is 11.3 Å². The lowest BCUT2D eigenvalue weighted by atomic mass is 10.1. The minimum Gasteiger partial charge on any atom is -0.326 e. The van der Waals surface area contributed by atoms with E-state index in [1.165, 1.54) is 12.1 Å². The van der Waals surface area contributed by atoms with Crippen molar-refractivity contribution >= 4 is 19.2 Å². The fraction of sp³-hybridized carbons (Fsp3) is 0.133. The first-order chi connectivity index (χ1) is 10.7. The predicted octanol–water partition coefficient (Wildman–Crippen LogP) is 3.09. The molecule has 0 unspecified atom stereocenters. The lowest BCUT2D eigenvalue weighted by Gasteiger charge is -2.18. The third-order valence-electron chi connectivity index (χ3n) is 3.09. The second kappa shape index (κ2) is 6.58. The van der Waals surface area contributed by atoms with Crippen molar-refractivity contribution in [3.63, 3.8) is 0 Å². The number of halogens is 2. The number of hydrogen-bond acceptors (Lipinski definition) is 2. The van der Waals surface area contributed by atoms with Crippen LogP contribution in [0.15, 0.2) is 54.6 Å². The van der Waals surface area contributed by atoms with E-state index < -0.39 is 18.8 Å². The maximum absolute atomic E-state index is 13.5. The minimum atomic E-state index is -5.59. The van der Waals surface area contributed by atoms with Crippen LogP contribution in [0.4, 0.5) is 14.5 Å². The molecule has 0 bridgehead atoms. The Labute approximate surface area is 131 Å². The predicted molar refractivity (Wildman–Crippen MR) is 81.2 cm³/mol. The van der Waals surface area contributed by atoms with E-state index in [2.05, 4.69) is 5.32 Å². The number of nitrogens with one attached hydrogen (secondary N) is 1. The van der Waals surface area contributed by atoms with Crippen LogP contribution in [0.5, 0.6) is 0 Å². The van der Waals surface area contributed by atoms with E-state index in [0.717, 1.165) is 12.1 Å². The van der Waals surface area contributed by atoms with Crippen molar-refractivity contribution in [2.24, 2.45) is 0 Å². The number of carbonyl (C=O) groups excluding carboxylic acids is 1. The average molecular weight is 341 g/mol. The van der Waals surface area contributed by atoms with E-state index in [-0.39, 0.29) is 12.3 Å². The SMILES string of the molecule is O=C(Cc1ccc(C(F)(F)P(=O)(O)O)cc1)Nc1ccccc1.